The Kier molecular flexibility index (Phi) is 18.6. The number of anilines is 4. The molecule has 0 bridgehead atoms. The Morgan fingerprint density at radius 3 is 1.41 bits per heavy atom. The minimum atomic E-state index is -1.63. The van der Waals surface area contributed by atoms with Gasteiger partial charge in [0, 0.05) is 49.6 Å². The highest BCUT2D eigenvalue weighted by Crippen LogP contribution is 2.37. The zero-order valence-electron chi connectivity index (χ0n) is 37.1. The summed E-state index contributed by atoms with van der Waals surface area (Å²) in [4.78, 5) is 78.8. The van der Waals surface area contributed by atoms with Gasteiger partial charge in [-0.1, -0.05) is 47.5 Å². The molecule has 68 heavy (non-hydrogen) atoms. The van der Waals surface area contributed by atoms with Crippen molar-refractivity contribution >= 4 is 127 Å². The first kappa shape index (κ1) is 52.5. The number of hydrogen-bond acceptors (Lipinski definition) is 12. The minimum absolute atomic E-state index is 0.0724. The van der Waals surface area contributed by atoms with Crippen LogP contribution in [0.2, 0.25) is 10.0 Å². The highest BCUT2D eigenvalue weighted by Gasteiger charge is 2.27. The van der Waals surface area contributed by atoms with Crippen molar-refractivity contribution in [2.75, 3.05) is 35.5 Å². The number of ketones is 2. The van der Waals surface area contributed by atoms with Gasteiger partial charge >= 0.3 is 0 Å². The average molecular weight is 1030 g/mol. The molecule has 4 unspecified atom stereocenters. The van der Waals surface area contributed by atoms with Crippen molar-refractivity contribution in [1.29, 1.82) is 0 Å². The van der Waals surface area contributed by atoms with E-state index in [1.807, 2.05) is 0 Å². The van der Waals surface area contributed by atoms with Gasteiger partial charge in [-0.05, 0) is 100.0 Å². The Morgan fingerprint density at radius 1 is 0.574 bits per heavy atom. The van der Waals surface area contributed by atoms with Crippen LogP contribution < -0.4 is 30.7 Å². The zero-order valence-corrected chi connectivity index (χ0v) is 40.9. The average Bonchev–Trinajstić information content (AvgIpc) is 3.28. The quantitative estimate of drug-likeness (QED) is 0.0353. The molecule has 4 N–H and O–H groups in total. The Balaban J connectivity index is 1.27. The van der Waals surface area contributed by atoms with Crippen LogP contribution in [0, 0.1) is 0 Å². The highest BCUT2D eigenvalue weighted by atomic mass is 35.5. The van der Waals surface area contributed by atoms with Crippen LogP contribution in [-0.4, -0.2) is 61.5 Å². The molecule has 0 fully saturated rings. The van der Waals surface area contributed by atoms with Crippen LogP contribution >= 0.6 is 58.0 Å². The Morgan fingerprint density at radius 2 is 1.01 bits per heavy atom. The van der Waals surface area contributed by atoms with E-state index >= 15 is 0 Å². The number of carbonyl (C=O) groups is 6. The molecule has 0 saturated carbocycles. The molecular formula is C47H43Cl5N8O8. The fraction of sp³-hybridized carbons (Fsp3) is 0.234. The van der Waals surface area contributed by atoms with Gasteiger partial charge in [0.05, 0.1) is 47.7 Å². The zero-order chi connectivity index (χ0) is 49.8. The number of amides is 4. The van der Waals surface area contributed by atoms with Gasteiger partial charge in [-0.25, -0.2) is 0 Å². The number of alkyl halides is 3. The van der Waals surface area contributed by atoms with Gasteiger partial charge in [-0.2, -0.15) is 20.5 Å². The molecule has 0 aliphatic heterocycles. The molecule has 0 spiro atoms. The number of benzene rings is 5. The normalized spacial score (nSPS) is 13.0. The number of rotatable bonds is 19. The smallest absolute Gasteiger partial charge is 0.258 e. The van der Waals surface area contributed by atoms with E-state index in [1.165, 1.54) is 68.8 Å². The number of para-hydroxylation sites is 2. The minimum Gasteiger partial charge on any atom is -0.494 e. The van der Waals surface area contributed by atoms with Crippen molar-refractivity contribution in [3.8, 4) is 11.5 Å². The first-order valence-corrected chi connectivity index (χ1v) is 22.5. The first-order chi connectivity index (χ1) is 32.3. The second-order valence-electron chi connectivity index (χ2n) is 14.8. The van der Waals surface area contributed by atoms with Crippen LogP contribution in [0.15, 0.2) is 111 Å². The maximum absolute atomic E-state index is 13.5. The lowest BCUT2D eigenvalue weighted by Gasteiger charge is -2.16. The van der Waals surface area contributed by atoms with E-state index in [-0.39, 0.29) is 49.8 Å². The van der Waals surface area contributed by atoms with Gasteiger partial charge in [-0.15, -0.1) is 34.8 Å². The van der Waals surface area contributed by atoms with Crippen LogP contribution in [-0.2, 0) is 25.1 Å². The van der Waals surface area contributed by atoms with Crippen molar-refractivity contribution in [2.24, 2.45) is 20.5 Å². The molecule has 0 saturated heterocycles. The standard InChI is InChI=1S/C47H43Cl5N8O8/c1-23(49)35-9-7-11-38(42(35)67-5)55-44(63)27-15-30(51)20-33(17-27)57-59-40(25(3)61)46(65)53-32-13-14-37(29(19-32)22-48)54-47(66)41(26(4)62)60-58-34-18-28(16-31(52)21-34)45(64)56-39-12-8-10-36(24(2)50)43(39)68-6/h7-21,23-24,40-41H,22H2,1-6H3,(H,53,65)(H,54,66)(H,55,63)(H,56,64). The van der Waals surface area contributed by atoms with E-state index in [9.17, 15) is 28.8 Å². The third kappa shape index (κ3) is 13.6. The number of ether oxygens (including phenoxy) is 2. The van der Waals surface area contributed by atoms with E-state index in [1.54, 1.807) is 50.2 Å². The van der Waals surface area contributed by atoms with Gasteiger partial charge in [0.25, 0.3) is 23.6 Å². The molecule has 5 aromatic carbocycles. The third-order valence-electron chi connectivity index (χ3n) is 9.76. The maximum Gasteiger partial charge on any atom is 0.258 e. The molecule has 0 aliphatic carbocycles. The van der Waals surface area contributed by atoms with Gasteiger partial charge in [0.15, 0.2) is 11.6 Å². The number of halogens is 5. The molecule has 21 heteroatoms. The Labute approximate surface area is 416 Å². The van der Waals surface area contributed by atoms with Gasteiger partial charge in [0.2, 0.25) is 12.1 Å². The van der Waals surface area contributed by atoms with Crippen LogP contribution in [0.3, 0.4) is 0 Å². The summed E-state index contributed by atoms with van der Waals surface area (Å²) in [7, 11) is 2.91. The van der Waals surface area contributed by atoms with E-state index < -0.39 is 58.0 Å². The summed E-state index contributed by atoms with van der Waals surface area (Å²) >= 11 is 31.5. The molecule has 16 nitrogen and oxygen atoms in total. The molecule has 4 amide bonds. The molecule has 5 aromatic rings. The Hall–Kier alpha value is -6.43. The number of carbonyl (C=O) groups excluding carboxylic acids is 6. The topological polar surface area (TPSA) is 218 Å². The molecule has 0 heterocycles. The Bertz CT molecular complexity index is 2820. The highest BCUT2D eigenvalue weighted by molar-refractivity contribution is 6.32. The molecule has 0 aliphatic rings. The van der Waals surface area contributed by atoms with Crippen molar-refractivity contribution in [2.45, 2.75) is 56.4 Å². The van der Waals surface area contributed by atoms with E-state index in [0.29, 0.717) is 39.6 Å². The van der Waals surface area contributed by atoms with Crippen molar-refractivity contribution in [3.63, 3.8) is 0 Å². The maximum atomic E-state index is 13.5. The SMILES string of the molecule is COc1c(NC(=O)c2cc(Cl)cc(N=NC(C(C)=O)C(=O)Nc3ccc(NC(=O)C(N=Nc4cc(Cl)cc(C(=O)Nc5cccc(C(C)Cl)c5OC)c4)C(C)=O)c(CCl)c3)c2)cccc1C(C)Cl. The fourth-order valence-corrected chi connectivity index (χ4v) is 7.53. The molecule has 0 aromatic heterocycles. The van der Waals surface area contributed by atoms with Crippen LogP contribution in [0.1, 0.15) is 75.9 Å². The molecule has 0 radical (unpaired) electrons. The predicted octanol–water partition coefficient (Wildman–Crippen LogP) is 12.2. The van der Waals surface area contributed by atoms with Crippen LogP contribution in [0.5, 0.6) is 11.5 Å². The monoisotopic (exact) mass is 1020 g/mol. The van der Waals surface area contributed by atoms with Gasteiger partial charge in [-0.3, -0.25) is 28.8 Å². The third-order valence-corrected chi connectivity index (χ3v) is 11.0. The number of methoxy groups -OCH3 is 2. The number of nitrogens with zero attached hydrogens (tertiary/aromatic N) is 4. The lowest BCUT2D eigenvalue weighted by molar-refractivity contribution is -0.127. The summed E-state index contributed by atoms with van der Waals surface area (Å²) in [6.45, 7) is 5.84. The van der Waals surface area contributed by atoms with E-state index in [4.69, 9.17) is 67.5 Å². The number of azo groups is 2. The predicted molar refractivity (Wildman–Crippen MR) is 265 cm³/mol. The lowest BCUT2D eigenvalue weighted by Crippen LogP contribution is -2.32. The number of nitrogens with one attached hydrogen (secondary N) is 4. The second-order valence-corrected chi connectivity index (χ2v) is 17.3. The van der Waals surface area contributed by atoms with Crippen molar-refractivity contribution in [3.05, 3.63) is 129 Å². The van der Waals surface area contributed by atoms with E-state index in [2.05, 4.69) is 41.7 Å². The summed E-state index contributed by atoms with van der Waals surface area (Å²) in [5.41, 5.74) is 3.08. The van der Waals surface area contributed by atoms with Gasteiger partial charge in [0.1, 0.15) is 11.5 Å². The first-order valence-electron chi connectivity index (χ1n) is 20.3. The van der Waals surface area contributed by atoms with Gasteiger partial charge < -0.3 is 30.7 Å². The molecular weight excluding hydrogens is 982 g/mol. The van der Waals surface area contributed by atoms with Crippen LogP contribution in [0.4, 0.5) is 34.1 Å². The lowest BCUT2D eigenvalue weighted by atomic mass is 10.1. The number of hydrogen-bond donors (Lipinski definition) is 4. The van der Waals surface area contributed by atoms with Crippen molar-refractivity contribution in [1.82, 2.24) is 0 Å². The molecule has 4 atom stereocenters. The largest absolute Gasteiger partial charge is 0.494 e. The summed E-state index contributed by atoms with van der Waals surface area (Å²) in [5.74, 6) is -3.54. The second kappa shape index (κ2) is 24.0. The number of Topliss-reactive ketones (excluding diaryl/α,β-unsaturated/α-hetero) is 2. The fourth-order valence-electron chi connectivity index (χ4n) is 6.50. The summed E-state index contributed by atoms with van der Waals surface area (Å²) < 4.78 is 11.0. The molecule has 354 valence electrons. The van der Waals surface area contributed by atoms with Crippen LogP contribution in [0.25, 0.3) is 0 Å². The summed E-state index contributed by atoms with van der Waals surface area (Å²) in [6, 6.07) is 19.6. The summed E-state index contributed by atoms with van der Waals surface area (Å²) in [6.07, 6.45) is 0. The van der Waals surface area contributed by atoms with E-state index in [0.717, 1.165) is 13.8 Å². The van der Waals surface area contributed by atoms with Crippen molar-refractivity contribution < 1.29 is 38.2 Å². The molecule has 5 rings (SSSR count). The summed E-state index contributed by atoms with van der Waals surface area (Å²) in [5, 5.41) is 26.3.